The number of carbonyl (C=O) groups excluding carboxylic acids is 1. The number of anilines is 1. The fraction of sp³-hybridized carbons (Fsp3) is 0.571. The number of nitrogens with zero attached hydrogens (tertiary/aromatic N) is 2. The molecule has 1 aromatic rings. The molecule has 0 bridgehead atoms. The number of hydrogen-bond acceptors (Lipinski definition) is 3. The monoisotopic (exact) mass is 281 g/mol. The second-order valence-corrected chi connectivity index (χ2v) is 6.21. The van der Waals surface area contributed by atoms with Crippen LogP contribution in [-0.2, 0) is 0 Å². The van der Waals surface area contributed by atoms with Crippen LogP contribution in [0.2, 0.25) is 5.02 Å². The second-order valence-electron chi connectivity index (χ2n) is 5.80. The molecular formula is C14H20ClN3O. The maximum Gasteiger partial charge on any atom is 0.255 e. The number of aromatic nitrogens is 1. The summed E-state index contributed by atoms with van der Waals surface area (Å²) in [5, 5.41) is 3.36. The van der Waals surface area contributed by atoms with E-state index in [1.807, 2.05) is 4.90 Å². The van der Waals surface area contributed by atoms with Crippen molar-refractivity contribution >= 4 is 23.3 Å². The Kier molecular flexibility index (Phi) is 3.99. The van der Waals surface area contributed by atoms with Gasteiger partial charge in [-0.3, -0.25) is 4.79 Å². The number of likely N-dealkylation sites (tertiary alicyclic amines) is 1. The minimum Gasteiger partial charge on any atom is -0.372 e. The molecule has 1 aliphatic heterocycles. The smallest absolute Gasteiger partial charge is 0.255 e. The lowest BCUT2D eigenvalue weighted by Gasteiger charge is -2.38. The molecule has 1 aliphatic rings. The van der Waals surface area contributed by atoms with Crippen LogP contribution in [0.1, 0.15) is 37.0 Å². The summed E-state index contributed by atoms with van der Waals surface area (Å²) in [6.45, 7) is 5.99. The number of halogens is 1. The van der Waals surface area contributed by atoms with Gasteiger partial charge in [0.25, 0.3) is 5.91 Å². The summed E-state index contributed by atoms with van der Waals surface area (Å²) in [7, 11) is 1.75. The molecule has 0 unspecified atom stereocenters. The molecule has 1 saturated heterocycles. The van der Waals surface area contributed by atoms with E-state index in [1.165, 1.54) is 0 Å². The maximum absolute atomic E-state index is 12.4. The van der Waals surface area contributed by atoms with E-state index in [1.54, 1.807) is 19.3 Å². The molecule has 104 valence electrons. The lowest BCUT2D eigenvalue weighted by Crippen LogP contribution is -2.43. The summed E-state index contributed by atoms with van der Waals surface area (Å²) in [6, 6.07) is 1.68. The highest BCUT2D eigenvalue weighted by atomic mass is 35.5. The average molecular weight is 282 g/mol. The average Bonchev–Trinajstić information content (AvgIpc) is 2.36. The topological polar surface area (TPSA) is 45.2 Å². The van der Waals surface area contributed by atoms with Crippen molar-refractivity contribution in [2.24, 2.45) is 5.41 Å². The molecule has 5 heteroatoms. The van der Waals surface area contributed by atoms with E-state index in [0.29, 0.717) is 16.4 Å². The largest absolute Gasteiger partial charge is 0.372 e. The Hall–Kier alpha value is -1.29. The van der Waals surface area contributed by atoms with Crippen molar-refractivity contribution in [3.63, 3.8) is 0 Å². The van der Waals surface area contributed by atoms with Gasteiger partial charge >= 0.3 is 0 Å². The Labute approximate surface area is 119 Å². The number of hydrogen-bond donors (Lipinski definition) is 1. The van der Waals surface area contributed by atoms with Gasteiger partial charge in [-0.1, -0.05) is 25.4 Å². The molecule has 0 atom stereocenters. The molecule has 1 aromatic heterocycles. The Morgan fingerprint density at radius 2 is 2.26 bits per heavy atom. The fourth-order valence-electron chi connectivity index (χ4n) is 2.52. The van der Waals surface area contributed by atoms with Crippen LogP contribution in [0.3, 0.4) is 0 Å². The van der Waals surface area contributed by atoms with Gasteiger partial charge in [0.1, 0.15) is 5.82 Å². The first-order valence-electron chi connectivity index (χ1n) is 6.55. The number of carbonyl (C=O) groups is 1. The highest BCUT2D eigenvalue weighted by Gasteiger charge is 2.29. The molecule has 1 N–H and O–H groups in total. The number of piperidine rings is 1. The molecule has 0 saturated carbocycles. The molecular weight excluding hydrogens is 262 g/mol. The van der Waals surface area contributed by atoms with Crippen molar-refractivity contribution in [2.45, 2.75) is 26.7 Å². The number of amides is 1. The summed E-state index contributed by atoms with van der Waals surface area (Å²) in [5.74, 6) is 0.613. The zero-order valence-electron chi connectivity index (χ0n) is 11.7. The van der Waals surface area contributed by atoms with E-state index in [4.69, 9.17) is 11.6 Å². The fourth-order valence-corrected chi connectivity index (χ4v) is 2.78. The number of nitrogens with one attached hydrogen (secondary N) is 1. The third kappa shape index (κ3) is 3.18. The zero-order valence-corrected chi connectivity index (χ0v) is 12.4. The van der Waals surface area contributed by atoms with Gasteiger partial charge in [0.15, 0.2) is 0 Å². The Morgan fingerprint density at radius 3 is 2.84 bits per heavy atom. The third-order valence-corrected chi connectivity index (χ3v) is 3.80. The summed E-state index contributed by atoms with van der Waals surface area (Å²) in [6.07, 6.45) is 3.80. The van der Waals surface area contributed by atoms with Crippen molar-refractivity contribution in [3.05, 3.63) is 22.8 Å². The van der Waals surface area contributed by atoms with Gasteiger partial charge in [-0.25, -0.2) is 4.98 Å². The molecule has 1 amide bonds. The predicted molar refractivity (Wildman–Crippen MR) is 77.7 cm³/mol. The molecule has 0 aliphatic carbocycles. The van der Waals surface area contributed by atoms with Crippen LogP contribution in [0.4, 0.5) is 5.82 Å². The summed E-state index contributed by atoms with van der Waals surface area (Å²) < 4.78 is 0. The summed E-state index contributed by atoms with van der Waals surface area (Å²) >= 11 is 6.07. The van der Waals surface area contributed by atoms with E-state index in [-0.39, 0.29) is 11.3 Å². The van der Waals surface area contributed by atoms with Crippen LogP contribution >= 0.6 is 11.6 Å². The van der Waals surface area contributed by atoms with Crippen LogP contribution in [0.5, 0.6) is 0 Å². The highest BCUT2D eigenvalue weighted by molar-refractivity contribution is 6.33. The van der Waals surface area contributed by atoms with Gasteiger partial charge in [0.2, 0.25) is 0 Å². The third-order valence-electron chi connectivity index (χ3n) is 3.51. The Balaban J connectivity index is 2.17. The Bertz CT molecular complexity index is 488. The zero-order chi connectivity index (χ0) is 14.0. The first-order chi connectivity index (χ1) is 8.93. The van der Waals surface area contributed by atoms with Crippen LogP contribution in [0.15, 0.2) is 12.3 Å². The molecule has 1 fully saturated rings. The van der Waals surface area contributed by atoms with Gasteiger partial charge < -0.3 is 10.2 Å². The van der Waals surface area contributed by atoms with Crippen molar-refractivity contribution in [2.75, 3.05) is 25.5 Å². The van der Waals surface area contributed by atoms with Crippen LogP contribution < -0.4 is 5.32 Å². The highest BCUT2D eigenvalue weighted by Crippen LogP contribution is 2.29. The van der Waals surface area contributed by atoms with Crippen LogP contribution in [0.25, 0.3) is 0 Å². The van der Waals surface area contributed by atoms with Gasteiger partial charge in [-0.2, -0.15) is 0 Å². The van der Waals surface area contributed by atoms with Crippen molar-refractivity contribution in [3.8, 4) is 0 Å². The molecule has 0 spiro atoms. The van der Waals surface area contributed by atoms with Crippen molar-refractivity contribution in [1.29, 1.82) is 0 Å². The first kappa shape index (κ1) is 14.1. The molecule has 2 heterocycles. The van der Waals surface area contributed by atoms with E-state index in [2.05, 4.69) is 24.1 Å². The normalized spacial score (nSPS) is 18.2. The lowest BCUT2D eigenvalue weighted by molar-refractivity contribution is 0.0583. The summed E-state index contributed by atoms with van der Waals surface area (Å²) in [5.41, 5.74) is 0.748. The summed E-state index contributed by atoms with van der Waals surface area (Å²) in [4.78, 5) is 18.5. The molecule has 2 rings (SSSR count). The van der Waals surface area contributed by atoms with Gasteiger partial charge in [0.05, 0.1) is 10.6 Å². The SMILES string of the molecule is CNc1ncc(C(=O)N2CCCC(C)(C)C2)cc1Cl. The van der Waals surface area contributed by atoms with E-state index >= 15 is 0 Å². The maximum atomic E-state index is 12.4. The minimum absolute atomic E-state index is 0.0184. The quantitative estimate of drug-likeness (QED) is 0.906. The van der Waals surface area contributed by atoms with Crippen LogP contribution in [-0.4, -0.2) is 35.9 Å². The van der Waals surface area contributed by atoms with E-state index < -0.39 is 0 Å². The molecule has 0 radical (unpaired) electrons. The van der Waals surface area contributed by atoms with Crippen LogP contribution in [0, 0.1) is 5.41 Å². The standard InChI is InChI=1S/C14H20ClN3O/c1-14(2)5-4-6-18(9-14)13(19)10-7-11(15)12(16-3)17-8-10/h7-8H,4-6,9H2,1-3H3,(H,16,17). The second kappa shape index (κ2) is 5.37. The van der Waals surface area contributed by atoms with E-state index in [0.717, 1.165) is 25.9 Å². The van der Waals surface area contributed by atoms with Gasteiger partial charge in [-0.05, 0) is 24.3 Å². The van der Waals surface area contributed by atoms with E-state index in [9.17, 15) is 4.79 Å². The molecule has 0 aromatic carbocycles. The molecule has 4 nitrogen and oxygen atoms in total. The van der Waals surface area contributed by atoms with Gasteiger partial charge in [0, 0.05) is 26.3 Å². The number of pyridine rings is 1. The minimum atomic E-state index is 0.0184. The van der Waals surface area contributed by atoms with Crippen molar-refractivity contribution < 1.29 is 4.79 Å². The number of rotatable bonds is 2. The van der Waals surface area contributed by atoms with Gasteiger partial charge in [-0.15, -0.1) is 0 Å². The Morgan fingerprint density at radius 1 is 1.53 bits per heavy atom. The van der Waals surface area contributed by atoms with Crippen molar-refractivity contribution in [1.82, 2.24) is 9.88 Å². The predicted octanol–water partition coefficient (Wildman–Crippen LogP) is 3.04. The lowest BCUT2D eigenvalue weighted by atomic mass is 9.84. The molecule has 19 heavy (non-hydrogen) atoms. The first-order valence-corrected chi connectivity index (χ1v) is 6.93.